The molecule has 0 spiro atoms. The molecule has 0 aliphatic carbocycles. The van der Waals surface area contributed by atoms with E-state index >= 15 is 0 Å². The van der Waals surface area contributed by atoms with E-state index in [-0.39, 0.29) is 11.5 Å². The van der Waals surface area contributed by atoms with E-state index in [4.69, 9.17) is 9.47 Å². The summed E-state index contributed by atoms with van der Waals surface area (Å²) in [5.41, 5.74) is 0.989. The fourth-order valence-electron chi connectivity index (χ4n) is 2.00. The lowest BCUT2D eigenvalue weighted by atomic mass is 10.1. The van der Waals surface area contributed by atoms with Crippen LogP contribution in [-0.4, -0.2) is 24.9 Å². The van der Waals surface area contributed by atoms with Gasteiger partial charge in [0.15, 0.2) is 17.3 Å². The smallest absolute Gasteiger partial charge is 0.270 e. The van der Waals surface area contributed by atoms with Crippen molar-refractivity contribution < 1.29 is 19.2 Å². The summed E-state index contributed by atoms with van der Waals surface area (Å²) in [4.78, 5) is 22.4. The Balaban J connectivity index is 2.21. The molecule has 2 aromatic carbocycles. The van der Waals surface area contributed by atoms with Crippen molar-refractivity contribution in [1.82, 2.24) is 0 Å². The molecule has 2 aromatic rings. The van der Waals surface area contributed by atoms with Crippen molar-refractivity contribution in [2.75, 3.05) is 14.2 Å². The summed E-state index contributed by atoms with van der Waals surface area (Å²) in [6.07, 6.45) is 2.90. The van der Waals surface area contributed by atoms with E-state index in [0.29, 0.717) is 22.6 Å². The van der Waals surface area contributed by atoms with Gasteiger partial charge in [-0.05, 0) is 29.8 Å². The molecule has 0 atom stereocenters. The van der Waals surface area contributed by atoms with Crippen LogP contribution in [0.25, 0.3) is 6.08 Å². The molecule has 6 nitrogen and oxygen atoms in total. The first-order valence-corrected chi connectivity index (χ1v) is 6.74. The first-order chi connectivity index (χ1) is 11.0. The number of benzene rings is 2. The molecule has 2 rings (SSSR count). The van der Waals surface area contributed by atoms with Gasteiger partial charge in [0.25, 0.3) is 5.69 Å². The van der Waals surface area contributed by atoms with Gasteiger partial charge >= 0.3 is 0 Å². The second kappa shape index (κ2) is 7.22. The Labute approximate surface area is 133 Å². The van der Waals surface area contributed by atoms with Crippen LogP contribution in [0, 0.1) is 10.1 Å². The van der Waals surface area contributed by atoms with Crippen LogP contribution in [0.3, 0.4) is 0 Å². The van der Waals surface area contributed by atoms with E-state index in [1.165, 1.54) is 38.5 Å². The third-order valence-electron chi connectivity index (χ3n) is 3.18. The van der Waals surface area contributed by atoms with Crippen LogP contribution in [0.4, 0.5) is 5.69 Å². The van der Waals surface area contributed by atoms with Gasteiger partial charge in [-0.25, -0.2) is 0 Å². The highest BCUT2D eigenvalue weighted by atomic mass is 16.6. The van der Waals surface area contributed by atoms with Crippen molar-refractivity contribution in [3.8, 4) is 11.5 Å². The van der Waals surface area contributed by atoms with E-state index in [0.717, 1.165) is 0 Å². The number of nitro benzene ring substituents is 1. The molecule has 0 N–H and O–H groups in total. The highest BCUT2D eigenvalue weighted by Crippen LogP contribution is 2.27. The SMILES string of the molecule is COc1ccc(C(=O)/C=C/c2cccc([N+](=O)[O-])c2)cc1OC. The molecule has 0 saturated carbocycles. The van der Waals surface area contributed by atoms with Gasteiger partial charge in [-0.1, -0.05) is 18.2 Å². The number of allylic oxidation sites excluding steroid dienone is 1. The van der Waals surface area contributed by atoms with E-state index in [1.54, 1.807) is 30.3 Å². The maximum absolute atomic E-state index is 12.2. The molecular weight excluding hydrogens is 298 g/mol. The fraction of sp³-hybridized carbons (Fsp3) is 0.118. The number of methoxy groups -OCH3 is 2. The van der Waals surface area contributed by atoms with Crippen molar-refractivity contribution >= 4 is 17.5 Å². The Morgan fingerprint density at radius 2 is 1.83 bits per heavy atom. The van der Waals surface area contributed by atoms with E-state index in [9.17, 15) is 14.9 Å². The molecular formula is C17H15NO5. The Kier molecular flexibility index (Phi) is 5.09. The number of hydrogen-bond donors (Lipinski definition) is 0. The van der Waals surface area contributed by atoms with Gasteiger partial charge in [0.1, 0.15) is 0 Å². The highest BCUT2D eigenvalue weighted by Gasteiger charge is 2.09. The number of carbonyl (C=O) groups excluding carboxylic acids is 1. The van der Waals surface area contributed by atoms with Crippen LogP contribution < -0.4 is 9.47 Å². The summed E-state index contributed by atoms with van der Waals surface area (Å²) >= 11 is 0. The lowest BCUT2D eigenvalue weighted by Crippen LogP contribution is -1.97. The monoisotopic (exact) mass is 313 g/mol. The average molecular weight is 313 g/mol. The van der Waals surface area contributed by atoms with Crippen LogP contribution in [0.2, 0.25) is 0 Å². The fourth-order valence-corrected chi connectivity index (χ4v) is 2.00. The number of non-ortho nitro benzene ring substituents is 1. The van der Waals surface area contributed by atoms with Gasteiger partial charge in [0, 0.05) is 17.7 Å². The van der Waals surface area contributed by atoms with Crippen LogP contribution in [-0.2, 0) is 0 Å². The molecule has 0 saturated heterocycles. The topological polar surface area (TPSA) is 78.7 Å². The second-order valence-corrected chi connectivity index (χ2v) is 4.62. The maximum atomic E-state index is 12.2. The predicted molar refractivity (Wildman–Crippen MR) is 86.0 cm³/mol. The summed E-state index contributed by atoms with van der Waals surface area (Å²) in [5, 5.41) is 10.7. The molecule has 0 aliphatic rings. The number of ether oxygens (including phenoxy) is 2. The normalized spacial score (nSPS) is 10.5. The Morgan fingerprint density at radius 1 is 1.09 bits per heavy atom. The van der Waals surface area contributed by atoms with Crippen molar-refractivity contribution in [2.24, 2.45) is 0 Å². The number of ketones is 1. The largest absolute Gasteiger partial charge is 0.493 e. The molecule has 23 heavy (non-hydrogen) atoms. The van der Waals surface area contributed by atoms with Crippen LogP contribution in [0.5, 0.6) is 11.5 Å². The maximum Gasteiger partial charge on any atom is 0.270 e. The van der Waals surface area contributed by atoms with Crippen molar-refractivity contribution in [1.29, 1.82) is 0 Å². The summed E-state index contributed by atoms with van der Waals surface area (Å²) < 4.78 is 10.3. The van der Waals surface area contributed by atoms with E-state index in [2.05, 4.69) is 0 Å². The summed E-state index contributed by atoms with van der Waals surface area (Å²) in [6.45, 7) is 0. The summed E-state index contributed by atoms with van der Waals surface area (Å²) in [5.74, 6) is 0.756. The molecule has 0 aliphatic heterocycles. The number of carbonyl (C=O) groups is 1. The molecule has 118 valence electrons. The zero-order valence-corrected chi connectivity index (χ0v) is 12.7. The summed E-state index contributed by atoms with van der Waals surface area (Å²) in [6, 6.07) is 10.9. The predicted octanol–water partition coefficient (Wildman–Crippen LogP) is 3.51. The molecule has 0 amide bonds. The number of nitrogens with zero attached hydrogens (tertiary/aromatic N) is 1. The minimum absolute atomic E-state index is 0.0225. The zero-order valence-electron chi connectivity index (χ0n) is 12.7. The standard InChI is InChI=1S/C17H15NO5/c1-22-16-9-7-13(11-17(16)23-2)15(19)8-6-12-4-3-5-14(10-12)18(20)21/h3-11H,1-2H3/b8-6+. The molecule has 0 aromatic heterocycles. The van der Waals surface area contributed by atoms with Gasteiger partial charge in [0.05, 0.1) is 19.1 Å². The second-order valence-electron chi connectivity index (χ2n) is 4.62. The molecule has 0 bridgehead atoms. The Morgan fingerprint density at radius 3 is 2.48 bits per heavy atom. The average Bonchev–Trinajstić information content (AvgIpc) is 2.59. The third kappa shape index (κ3) is 3.94. The first-order valence-electron chi connectivity index (χ1n) is 6.74. The number of rotatable bonds is 6. The molecule has 0 fully saturated rings. The first kappa shape index (κ1) is 16.2. The lowest BCUT2D eigenvalue weighted by molar-refractivity contribution is -0.384. The van der Waals surface area contributed by atoms with Gasteiger partial charge in [-0.15, -0.1) is 0 Å². The Hall–Kier alpha value is -3.15. The van der Waals surface area contributed by atoms with Crippen LogP contribution in [0.1, 0.15) is 15.9 Å². The Bertz CT molecular complexity index is 767. The van der Waals surface area contributed by atoms with Gasteiger partial charge in [-0.3, -0.25) is 14.9 Å². The molecule has 0 radical (unpaired) electrons. The van der Waals surface area contributed by atoms with Crippen molar-refractivity contribution in [3.05, 3.63) is 69.8 Å². The zero-order chi connectivity index (χ0) is 16.8. The number of nitro groups is 1. The quantitative estimate of drug-likeness (QED) is 0.353. The van der Waals surface area contributed by atoms with Gasteiger partial charge < -0.3 is 9.47 Å². The van der Waals surface area contributed by atoms with E-state index < -0.39 is 4.92 Å². The third-order valence-corrected chi connectivity index (χ3v) is 3.18. The minimum atomic E-state index is -0.479. The number of hydrogen-bond acceptors (Lipinski definition) is 5. The van der Waals surface area contributed by atoms with Gasteiger partial charge in [-0.2, -0.15) is 0 Å². The molecule has 6 heteroatoms. The summed E-state index contributed by atoms with van der Waals surface area (Å²) in [7, 11) is 3.01. The highest BCUT2D eigenvalue weighted by molar-refractivity contribution is 6.07. The lowest BCUT2D eigenvalue weighted by Gasteiger charge is -2.07. The van der Waals surface area contributed by atoms with Crippen LogP contribution >= 0.6 is 0 Å². The van der Waals surface area contributed by atoms with Crippen LogP contribution in [0.15, 0.2) is 48.5 Å². The van der Waals surface area contributed by atoms with Crippen molar-refractivity contribution in [3.63, 3.8) is 0 Å². The van der Waals surface area contributed by atoms with Crippen molar-refractivity contribution in [2.45, 2.75) is 0 Å². The van der Waals surface area contributed by atoms with Gasteiger partial charge in [0.2, 0.25) is 0 Å². The van der Waals surface area contributed by atoms with E-state index in [1.807, 2.05) is 0 Å². The molecule has 0 unspecified atom stereocenters. The molecule has 0 heterocycles. The minimum Gasteiger partial charge on any atom is -0.493 e.